The summed E-state index contributed by atoms with van der Waals surface area (Å²) in [6.07, 6.45) is 2.77. The maximum absolute atomic E-state index is 5.48. The Morgan fingerprint density at radius 2 is 2.08 bits per heavy atom. The molecule has 0 saturated heterocycles. The van der Waals surface area contributed by atoms with Crippen LogP contribution in [0.2, 0.25) is 0 Å². The SMILES string of the molecule is CCC1=CNN(c2ccccc2)O1. The average Bonchev–Trinajstić information content (AvgIpc) is 2.67. The molecule has 3 heteroatoms. The van der Waals surface area contributed by atoms with Gasteiger partial charge < -0.3 is 4.84 Å². The fraction of sp³-hybridized carbons (Fsp3) is 0.200. The maximum atomic E-state index is 5.48. The molecule has 0 unspecified atom stereocenters. The normalized spacial score (nSPS) is 14.8. The van der Waals surface area contributed by atoms with Gasteiger partial charge in [0.15, 0.2) is 5.76 Å². The predicted molar refractivity (Wildman–Crippen MR) is 51.5 cm³/mol. The lowest BCUT2D eigenvalue weighted by Crippen LogP contribution is -2.27. The first-order chi connectivity index (χ1) is 6.40. The Labute approximate surface area is 77.5 Å². The number of rotatable bonds is 2. The van der Waals surface area contributed by atoms with Crippen molar-refractivity contribution in [3.63, 3.8) is 0 Å². The van der Waals surface area contributed by atoms with Crippen LogP contribution >= 0.6 is 0 Å². The Morgan fingerprint density at radius 1 is 1.31 bits per heavy atom. The Balaban J connectivity index is 2.07. The second kappa shape index (κ2) is 3.39. The molecule has 68 valence electrons. The topological polar surface area (TPSA) is 24.5 Å². The third-order valence-electron chi connectivity index (χ3n) is 1.89. The number of para-hydroxylation sites is 1. The standard InChI is InChI=1S/C10H12N2O/c1-2-10-8-11-12(13-10)9-6-4-3-5-7-9/h3-8,11H,2H2,1H3. The number of allylic oxidation sites excluding steroid dienone is 1. The zero-order chi connectivity index (χ0) is 9.10. The van der Waals surface area contributed by atoms with Crippen molar-refractivity contribution < 1.29 is 4.84 Å². The van der Waals surface area contributed by atoms with Gasteiger partial charge in [-0.05, 0) is 12.1 Å². The van der Waals surface area contributed by atoms with Crippen LogP contribution in [0.3, 0.4) is 0 Å². The van der Waals surface area contributed by atoms with Gasteiger partial charge in [0.1, 0.15) is 0 Å². The molecule has 0 amide bonds. The molecule has 0 radical (unpaired) electrons. The molecule has 0 saturated carbocycles. The van der Waals surface area contributed by atoms with Gasteiger partial charge in [-0.15, -0.1) is 5.17 Å². The molecule has 0 aromatic heterocycles. The van der Waals surface area contributed by atoms with Gasteiger partial charge in [0.2, 0.25) is 0 Å². The third-order valence-corrected chi connectivity index (χ3v) is 1.89. The van der Waals surface area contributed by atoms with E-state index in [0.717, 1.165) is 17.9 Å². The second-order valence-corrected chi connectivity index (χ2v) is 2.81. The smallest absolute Gasteiger partial charge is 0.152 e. The van der Waals surface area contributed by atoms with Gasteiger partial charge in [-0.1, -0.05) is 25.1 Å². The minimum Gasteiger partial charge on any atom is -0.362 e. The van der Waals surface area contributed by atoms with Crippen molar-refractivity contribution in [2.24, 2.45) is 0 Å². The highest BCUT2D eigenvalue weighted by Gasteiger charge is 2.13. The van der Waals surface area contributed by atoms with Crippen molar-refractivity contribution in [2.75, 3.05) is 5.17 Å². The van der Waals surface area contributed by atoms with Gasteiger partial charge in [0.25, 0.3) is 0 Å². The first-order valence-electron chi connectivity index (χ1n) is 4.38. The lowest BCUT2D eigenvalue weighted by atomic mass is 10.3. The van der Waals surface area contributed by atoms with Crippen molar-refractivity contribution in [3.8, 4) is 0 Å². The van der Waals surface area contributed by atoms with E-state index in [-0.39, 0.29) is 0 Å². The summed E-state index contributed by atoms with van der Waals surface area (Å²) < 4.78 is 0. The number of hydrogen-bond donors (Lipinski definition) is 1. The minimum atomic E-state index is 0.899. The summed E-state index contributed by atoms with van der Waals surface area (Å²) in [6.45, 7) is 2.06. The van der Waals surface area contributed by atoms with E-state index in [0.29, 0.717) is 0 Å². The van der Waals surface area contributed by atoms with Crippen LogP contribution in [0.5, 0.6) is 0 Å². The van der Waals surface area contributed by atoms with E-state index in [9.17, 15) is 0 Å². The third kappa shape index (κ3) is 1.59. The zero-order valence-electron chi connectivity index (χ0n) is 7.53. The maximum Gasteiger partial charge on any atom is 0.152 e. The summed E-state index contributed by atoms with van der Waals surface area (Å²) in [7, 11) is 0. The summed E-state index contributed by atoms with van der Waals surface area (Å²) in [5.41, 5.74) is 4.03. The molecule has 3 nitrogen and oxygen atoms in total. The van der Waals surface area contributed by atoms with Crippen molar-refractivity contribution >= 4 is 5.69 Å². The molecule has 1 aromatic rings. The number of hydrogen-bond acceptors (Lipinski definition) is 3. The van der Waals surface area contributed by atoms with Crippen LogP contribution in [0, 0.1) is 0 Å². The molecular formula is C10H12N2O. The molecular weight excluding hydrogens is 164 g/mol. The molecule has 1 aliphatic heterocycles. The Morgan fingerprint density at radius 3 is 2.69 bits per heavy atom. The van der Waals surface area contributed by atoms with E-state index in [2.05, 4.69) is 12.3 Å². The summed E-state index contributed by atoms with van der Waals surface area (Å²) in [6, 6.07) is 9.90. The Kier molecular flexibility index (Phi) is 2.08. The summed E-state index contributed by atoms with van der Waals surface area (Å²) >= 11 is 0. The molecule has 1 N–H and O–H groups in total. The van der Waals surface area contributed by atoms with Gasteiger partial charge in [-0.2, -0.15) is 0 Å². The number of nitrogens with zero attached hydrogens (tertiary/aromatic N) is 1. The van der Waals surface area contributed by atoms with Crippen molar-refractivity contribution in [2.45, 2.75) is 13.3 Å². The first-order valence-corrected chi connectivity index (χ1v) is 4.38. The van der Waals surface area contributed by atoms with E-state index in [4.69, 9.17) is 4.84 Å². The van der Waals surface area contributed by atoms with Crippen molar-refractivity contribution in [3.05, 3.63) is 42.3 Å². The quantitative estimate of drug-likeness (QED) is 0.747. The molecule has 0 spiro atoms. The van der Waals surface area contributed by atoms with E-state index in [1.807, 2.05) is 36.5 Å². The molecule has 0 atom stereocenters. The summed E-state index contributed by atoms with van der Waals surface area (Å²) in [4.78, 5) is 5.48. The van der Waals surface area contributed by atoms with Gasteiger partial charge in [-0.25, -0.2) is 0 Å². The number of nitrogens with one attached hydrogen (secondary N) is 1. The zero-order valence-corrected chi connectivity index (χ0v) is 7.53. The first kappa shape index (κ1) is 7.98. The predicted octanol–water partition coefficient (Wildman–Crippen LogP) is 2.19. The van der Waals surface area contributed by atoms with Gasteiger partial charge >= 0.3 is 0 Å². The van der Waals surface area contributed by atoms with Crippen LogP contribution in [-0.4, -0.2) is 0 Å². The van der Waals surface area contributed by atoms with Crippen LogP contribution < -0.4 is 10.6 Å². The van der Waals surface area contributed by atoms with E-state index in [1.54, 1.807) is 5.17 Å². The van der Waals surface area contributed by atoms with Crippen LogP contribution in [0.4, 0.5) is 5.69 Å². The molecule has 0 bridgehead atoms. The summed E-state index contributed by atoms with van der Waals surface area (Å²) in [5.74, 6) is 0.948. The number of anilines is 1. The summed E-state index contributed by atoms with van der Waals surface area (Å²) in [5, 5.41) is 1.65. The largest absolute Gasteiger partial charge is 0.362 e. The van der Waals surface area contributed by atoms with E-state index < -0.39 is 0 Å². The van der Waals surface area contributed by atoms with Crippen molar-refractivity contribution in [1.29, 1.82) is 0 Å². The second-order valence-electron chi connectivity index (χ2n) is 2.81. The molecule has 13 heavy (non-hydrogen) atoms. The lowest BCUT2D eigenvalue weighted by molar-refractivity contribution is 0.185. The highest BCUT2D eigenvalue weighted by Crippen LogP contribution is 2.18. The van der Waals surface area contributed by atoms with Crippen LogP contribution in [-0.2, 0) is 4.84 Å². The van der Waals surface area contributed by atoms with Crippen molar-refractivity contribution in [1.82, 2.24) is 5.43 Å². The fourth-order valence-electron chi connectivity index (χ4n) is 1.16. The highest BCUT2D eigenvalue weighted by molar-refractivity contribution is 5.43. The van der Waals surface area contributed by atoms with Crippen LogP contribution in [0.1, 0.15) is 13.3 Å². The molecule has 0 fully saturated rings. The van der Waals surface area contributed by atoms with Gasteiger partial charge in [-0.3, -0.25) is 5.43 Å². The van der Waals surface area contributed by atoms with Crippen LogP contribution in [0.15, 0.2) is 42.3 Å². The fourth-order valence-corrected chi connectivity index (χ4v) is 1.16. The van der Waals surface area contributed by atoms with Gasteiger partial charge in [0.05, 0.1) is 11.9 Å². The molecule has 1 heterocycles. The average molecular weight is 176 g/mol. The lowest BCUT2D eigenvalue weighted by Gasteiger charge is -2.17. The monoisotopic (exact) mass is 176 g/mol. The minimum absolute atomic E-state index is 0.899. The Hall–Kier alpha value is -1.64. The van der Waals surface area contributed by atoms with Crippen LogP contribution in [0.25, 0.3) is 0 Å². The van der Waals surface area contributed by atoms with E-state index in [1.165, 1.54) is 0 Å². The molecule has 0 aliphatic carbocycles. The molecule has 1 aliphatic rings. The van der Waals surface area contributed by atoms with E-state index >= 15 is 0 Å². The number of benzene rings is 1. The highest BCUT2D eigenvalue weighted by atomic mass is 16.7. The van der Waals surface area contributed by atoms with Gasteiger partial charge in [0, 0.05) is 6.42 Å². The molecule has 1 aromatic carbocycles. The Bertz CT molecular complexity index is 308. The number of hydrazine groups is 1. The molecule has 2 rings (SSSR count).